The second kappa shape index (κ2) is 7.66. The Kier molecular flexibility index (Phi) is 7.22. The fourth-order valence-corrected chi connectivity index (χ4v) is 2.71. The summed E-state index contributed by atoms with van der Waals surface area (Å²) < 4.78 is 113. The molecule has 0 aliphatic rings. The van der Waals surface area contributed by atoms with Gasteiger partial charge < -0.3 is 9.86 Å². The van der Waals surface area contributed by atoms with E-state index in [1.165, 1.54) is 0 Å². The smallest absolute Gasteiger partial charge is 0.421 e. The number of nitrogens with zero attached hydrogens (tertiary/aromatic N) is 3. The van der Waals surface area contributed by atoms with Gasteiger partial charge in [-0.25, -0.2) is 26.0 Å². The molecular formula is C8H12F6N4O4S2. The molecule has 8 nitrogen and oxygen atoms in total. The van der Waals surface area contributed by atoms with Gasteiger partial charge in [-0.05, 0) is 0 Å². The van der Waals surface area contributed by atoms with Gasteiger partial charge in [-0.15, -0.1) is 0 Å². The summed E-state index contributed by atoms with van der Waals surface area (Å²) in [4.78, 5) is 0. The number of hydrogen-bond donors (Lipinski definition) is 1. The van der Waals surface area contributed by atoms with Crippen LogP contribution in [0.4, 0.5) is 26.3 Å². The van der Waals surface area contributed by atoms with Crippen LogP contribution in [-0.4, -0.2) is 39.0 Å². The van der Waals surface area contributed by atoms with Gasteiger partial charge in [0.1, 0.15) is 18.9 Å². The third-order valence-corrected chi connectivity index (χ3v) is 4.73. The maximum Gasteiger partial charge on any atom is 0.480 e. The first-order valence-corrected chi connectivity index (χ1v) is 8.49. The van der Waals surface area contributed by atoms with Crippen molar-refractivity contribution < 1.29 is 47.7 Å². The first-order chi connectivity index (χ1) is 10.5. The molecule has 0 atom stereocenters. The summed E-state index contributed by atoms with van der Waals surface area (Å²) in [7, 11) is -11.4. The van der Waals surface area contributed by atoms with Crippen LogP contribution < -0.4 is 10.3 Å². The van der Waals surface area contributed by atoms with Crippen LogP contribution in [0.3, 0.4) is 0 Å². The van der Waals surface area contributed by atoms with E-state index in [4.69, 9.17) is 5.73 Å². The number of nitrogens with two attached hydrogens (primary N) is 1. The molecule has 0 aliphatic carbocycles. The lowest BCUT2D eigenvalue weighted by molar-refractivity contribution is -0.671. The Labute approximate surface area is 133 Å². The zero-order valence-electron chi connectivity index (χ0n) is 11.8. The maximum absolute atomic E-state index is 11.4. The number of halogens is 6. The van der Waals surface area contributed by atoms with E-state index in [-0.39, 0.29) is 0 Å². The number of aromatic nitrogens is 2. The Morgan fingerprint density at radius 1 is 1.04 bits per heavy atom. The molecule has 0 saturated carbocycles. The average molecular weight is 406 g/mol. The minimum Gasteiger partial charge on any atom is -0.421 e. The lowest BCUT2D eigenvalue weighted by Crippen LogP contribution is -2.30. The van der Waals surface area contributed by atoms with Crippen molar-refractivity contribution in [3.8, 4) is 0 Å². The van der Waals surface area contributed by atoms with Crippen LogP contribution in [0.5, 0.6) is 0 Å². The Morgan fingerprint density at radius 3 is 1.71 bits per heavy atom. The third kappa shape index (κ3) is 6.62. The van der Waals surface area contributed by atoms with Gasteiger partial charge in [-0.3, -0.25) is 0 Å². The summed E-state index contributed by atoms with van der Waals surface area (Å²) in [6.07, 6.45) is 6.01. The van der Waals surface area contributed by atoms with Crippen LogP contribution in [-0.2, 0) is 33.6 Å². The van der Waals surface area contributed by atoms with E-state index in [1.54, 1.807) is 0 Å². The van der Waals surface area contributed by atoms with Gasteiger partial charge in [0.25, 0.3) is 0 Å². The number of sulfonamides is 2. The van der Waals surface area contributed by atoms with Crippen molar-refractivity contribution in [3.05, 3.63) is 22.8 Å². The van der Waals surface area contributed by atoms with Crippen molar-refractivity contribution in [2.45, 2.75) is 17.6 Å². The van der Waals surface area contributed by atoms with Crippen LogP contribution in [0.1, 0.15) is 0 Å². The third-order valence-electron chi connectivity index (χ3n) is 1.99. The molecule has 1 aromatic heterocycles. The van der Waals surface area contributed by atoms with Gasteiger partial charge in [0, 0.05) is 6.54 Å². The van der Waals surface area contributed by atoms with E-state index < -0.39 is 31.1 Å². The zero-order chi connectivity index (χ0) is 19.4. The summed E-state index contributed by atoms with van der Waals surface area (Å²) in [5.41, 5.74) is -7.07. The van der Waals surface area contributed by atoms with Crippen LogP contribution in [0.25, 0.3) is 4.13 Å². The van der Waals surface area contributed by atoms with Crippen molar-refractivity contribution in [1.82, 2.24) is 4.57 Å². The fourth-order valence-electron chi connectivity index (χ4n) is 0.997. The lowest BCUT2D eigenvalue weighted by atomic mass is 10.6. The Balaban J connectivity index is 0.000000496. The van der Waals surface area contributed by atoms with Crippen molar-refractivity contribution in [2.24, 2.45) is 12.8 Å². The second-order valence-corrected chi connectivity index (χ2v) is 7.44. The molecule has 24 heavy (non-hydrogen) atoms. The zero-order valence-corrected chi connectivity index (χ0v) is 13.4. The highest BCUT2D eigenvalue weighted by Gasteiger charge is 2.46. The summed E-state index contributed by atoms with van der Waals surface area (Å²) in [5, 5.41) is 0. The van der Waals surface area contributed by atoms with E-state index in [9.17, 15) is 43.2 Å². The van der Waals surface area contributed by atoms with Crippen LogP contribution >= 0.6 is 0 Å². The quantitative estimate of drug-likeness (QED) is 0.571. The molecule has 1 aromatic rings. The van der Waals surface area contributed by atoms with Gasteiger partial charge in [-0.1, -0.05) is 0 Å². The molecule has 0 spiro atoms. The van der Waals surface area contributed by atoms with Crippen molar-refractivity contribution >= 4 is 20.0 Å². The number of alkyl halides is 6. The van der Waals surface area contributed by atoms with Crippen LogP contribution in [0.2, 0.25) is 0 Å². The minimum atomic E-state index is -6.72. The normalized spacial score (nSPS) is 13.3. The largest absolute Gasteiger partial charge is 0.480 e. The highest BCUT2D eigenvalue weighted by molar-refractivity contribution is 8.13. The molecule has 16 heteroatoms. The molecule has 2 N–H and O–H groups in total. The highest BCUT2D eigenvalue weighted by Crippen LogP contribution is 2.36. The lowest BCUT2D eigenvalue weighted by Gasteiger charge is -2.22. The Bertz CT molecular complexity index is 695. The predicted molar refractivity (Wildman–Crippen MR) is 68.0 cm³/mol. The first-order valence-electron chi connectivity index (χ1n) is 5.61. The van der Waals surface area contributed by atoms with Crippen molar-refractivity contribution in [3.63, 3.8) is 0 Å². The summed E-state index contributed by atoms with van der Waals surface area (Å²) in [6.45, 7) is 1.61. The number of aryl methyl sites for hydroxylation is 1. The Morgan fingerprint density at radius 2 is 1.46 bits per heavy atom. The maximum atomic E-state index is 11.4. The molecule has 0 radical (unpaired) electrons. The number of imidazole rings is 1. The van der Waals surface area contributed by atoms with Gasteiger partial charge in [-0.2, -0.15) is 26.3 Å². The Hall–Kier alpha value is -1.39. The summed E-state index contributed by atoms with van der Waals surface area (Å²) in [5.74, 6) is 0. The molecule has 0 aromatic carbocycles. The molecule has 142 valence electrons. The summed E-state index contributed by atoms with van der Waals surface area (Å²) >= 11 is 0. The van der Waals surface area contributed by atoms with Gasteiger partial charge >= 0.3 is 11.0 Å². The highest BCUT2D eigenvalue weighted by atomic mass is 32.3. The van der Waals surface area contributed by atoms with Crippen LogP contribution in [0.15, 0.2) is 18.7 Å². The minimum absolute atomic E-state index is 0.703. The fraction of sp³-hybridized carbons (Fsp3) is 0.625. The SMILES string of the molecule is C[n+]1ccn(CCN)c1.O=S(=O)([N-]S(=O)(=O)C(F)(F)F)C(F)(F)F. The van der Waals surface area contributed by atoms with E-state index in [0.29, 0.717) is 6.54 Å². The predicted octanol–water partition coefficient (Wildman–Crippen LogP) is 0.331. The molecule has 0 amide bonds. The number of hydrogen-bond acceptors (Lipinski definition) is 5. The second-order valence-electron chi connectivity index (χ2n) is 4.02. The molecule has 0 saturated heterocycles. The van der Waals surface area contributed by atoms with E-state index in [2.05, 4.69) is 4.57 Å². The van der Waals surface area contributed by atoms with Gasteiger partial charge in [0.15, 0.2) is 20.0 Å². The van der Waals surface area contributed by atoms with Gasteiger partial charge in [0.05, 0.1) is 7.05 Å². The molecule has 1 rings (SSSR count). The molecular weight excluding hydrogens is 394 g/mol. The van der Waals surface area contributed by atoms with E-state index in [1.807, 2.05) is 30.3 Å². The topological polar surface area (TPSA) is 117 Å². The molecule has 1 heterocycles. The number of rotatable bonds is 4. The van der Waals surface area contributed by atoms with Crippen molar-refractivity contribution in [2.75, 3.05) is 6.54 Å². The standard InChI is InChI=1S/C6H12N3.C2F6NO4S2/c1-8-4-5-9(6-8)3-2-7;3-1(4,5)14(10,11)9-15(12,13)2(6,7)8/h4-6H,2-3,7H2,1H3;/q+1;-1. The first kappa shape index (κ1) is 22.6. The molecule has 0 bridgehead atoms. The monoisotopic (exact) mass is 406 g/mol. The summed E-state index contributed by atoms with van der Waals surface area (Å²) in [6, 6.07) is 0. The molecule has 0 fully saturated rings. The van der Waals surface area contributed by atoms with E-state index >= 15 is 0 Å². The molecule has 0 aliphatic heterocycles. The molecule has 0 unspecified atom stereocenters. The van der Waals surface area contributed by atoms with Gasteiger partial charge in [0.2, 0.25) is 6.33 Å². The van der Waals surface area contributed by atoms with E-state index in [0.717, 1.165) is 10.7 Å². The van der Waals surface area contributed by atoms with Crippen LogP contribution in [0, 0.1) is 0 Å². The van der Waals surface area contributed by atoms with Crippen molar-refractivity contribution in [1.29, 1.82) is 0 Å². The average Bonchev–Trinajstić information content (AvgIpc) is 2.72.